The Hall–Kier alpha value is -3.35. The predicted octanol–water partition coefficient (Wildman–Crippen LogP) is 4.33. The third kappa shape index (κ3) is 7.83. The van der Waals surface area contributed by atoms with E-state index < -0.39 is 28.1 Å². The molecule has 0 fully saturated rings. The maximum Gasteiger partial charge on any atom is 0.490 e. The summed E-state index contributed by atoms with van der Waals surface area (Å²) >= 11 is 0. The van der Waals surface area contributed by atoms with E-state index in [0.717, 1.165) is 44.1 Å². The molecule has 0 amide bonds. The first-order chi connectivity index (χ1) is 16.8. The number of nitrogens with zero attached hydrogens (tertiary/aromatic N) is 2. The van der Waals surface area contributed by atoms with E-state index in [2.05, 4.69) is 16.6 Å². The first-order valence-corrected chi connectivity index (χ1v) is 12.6. The molecule has 0 saturated carbocycles. The second-order valence-electron chi connectivity index (χ2n) is 8.22. The van der Waals surface area contributed by atoms with E-state index in [-0.39, 0.29) is 16.1 Å². The molecule has 9 nitrogen and oxygen atoms in total. The van der Waals surface area contributed by atoms with Crippen molar-refractivity contribution in [1.29, 1.82) is 0 Å². The maximum absolute atomic E-state index is 12.8. The van der Waals surface area contributed by atoms with Crippen molar-refractivity contribution in [2.45, 2.75) is 56.5 Å². The highest BCUT2D eigenvalue weighted by molar-refractivity contribution is 7.92. The van der Waals surface area contributed by atoms with Crippen LogP contribution in [0.15, 0.2) is 35.4 Å². The van der Waals surface area contributed by atoms with Crippen LogP contribution >= 0.6 is 0 Å². The number of benzene rings is 1. The fourth-order valence-electron chi connectivity index (χ4n) is 3.57. The minimum Gasteiger partial charge on any atom is -0.478 e. The quantitative estimate of drug-likeness (QED) is 0.458. The number of aromatic nitrogens is 1. The van der Waals surface area contributed by atoms with E-state index in [4.69, 9.17) is 9.90 Å². The maximum atomic E-state index is 12.8. The van der Waals surface area contributed by atoms with Crippen molar-refractivity contribution in [2.75, 3.05) is 23.2 Å². The molecule has 0 radical (unpaired) electrons. The largest absolute Gasteiger partial charge is 0.490 e. The first kappa shape index (κ1) is 28.9. The molecule has 36 heavy (non-hydrogen) atoms. The molecule has 1 aromatic heterocycles. The summed E-state index contributed by atoms with van der Waals surface area (Å²) in [4.78, 5) is 26.8. The molecule has 0 spiro atoms. The lowest BCUT2D eigenvalue weighted by molar-refractivity contribution is -0.192. The number of unbranched alkanes of at least 4 members (excludes halogenated alkanes) is 1. The normalized spacial score (nSPS) is 13.1. The van der Waals surface area contributed by atoms with Gasteiger partial charge < -0.3 is 15.1 Å². The van der Waals surface area contributed by atoms with Crippen LogP contribution < -0.4 is 9.62 Å². The molecule has 0 atom stereocenters. The van der Waals surface area contributed by atoms with Crippen LogP contribution in [0.25, 0.3) is 0 Å². The van der Waals surface area contributed by atoms with Crippen LogP contribution in [0.2, 0.25) is 0 Å². The Balaban J connectivity index is 0.000000572. The molecule has 3 rings (SSSR count). The van der Waals surface area contributed by atoms with E-state index in [1.807, 2.05) is 6.07 Å². The number of carboxylic acid groups (broad SMARTS) is 2. The van der Waals surface area contributed by atoms with Gasteiger partial charge in [0.15, 0.2) is 0 Å². The molecule has 1 heterocycles. The standard InChI is InChI=1S/C21H27N3O4S.C2HF3O2/c1-3-4-11-24(2)20-19(21(25)26)13-17(14-22-20)23-29(27,28)18-10-9-15-7-5-6-8-16(15)12-18;3-2(4,5)1(6)7/h9-10,12-14,23H,3-8,11H2,1-2H3,(H,25,26);(H,6,7). The summed E-state index contributed by atoms with van der Waals surface area (Å²) in [5, 5.41) is 16.7. The molecule has 13 heteroatoms. The van der Waals surface area contributed by atoms with Crippen molar-refractivity contribution in [3.05, 3.63) is 47.2 Å². The number of aromatic carboxylic acids is 1. The number of aliphatic carboxylic acids is 1. The molecule has 2 aromatic rings. The predicted molar refractivity (Wildman–Crippen MR) is 127 cm³/mol. The zero-order valence-corrected chi connectivity index (χ0v) is 20.6. The third-order valence-electron chi connectivity index (χ3n) is 5.43. The summed E-state index contributed by atoms with van der Waals surface area (Å²) in [7, 11) is -2.05. The summed E-state index contributed by atoms with van der Waals surface area (Å²) in [5.41, 5.74) is 2.36. The number of anilines is 2. The third-order valence-corrected chi connectivity index (χ3v) is 6.81. The Labute approximate surface area is 207 Å². The van der Waals surface area contributed by atoms with Crippen molar-refractivity contribution in [3.63, 3.8) is 0 Å². The molecule has 0 aliphatic heterocycles. The van der Waals surface area contributed by atoms with Gasteiger partial charge in [-0.05, 0) is 61.4 Å². The van der Waals surface area contributed by atoms with Crippen molar-refractivity contribution in [1.82, 2.24) is 4.98 Å². The number of rotatable bonds is 8. The highest BCUT2D eigenvalue weighted by Crippen LogP contribution is 2.26. The van der Waals surface area contributed by atoms with Gasteiger partial charge in [0.1, 0.15) is 11.4 Å². The minimum atomic E-state index is -5.08. The second-order valence-corrected chi connectivity index (χ2v) is 9.90. The molecule has 3 N–H and O–H groups in total. The summed E-state index contributed by atoms with van der Waals surface area (Å²) < 4.78 is 59.9. The molecule has 0 saturated heterocycles. The van der Waals surface area contributed by atoms with E-state index in [1.165, 1.54) is 17.8 Å². The number of fused-ring (bicyclic) bond motifs is 1. The molecule has 0 bridgehead atoms. The average Bonchev–Trinajstić information content (AvgIpc) is 2.81. The van der Waals surface area contributed by atoms with Gasteiger partial charge in [-0.3, -0.25) is 4.72 Å². The number of halogens is 3. The lowest BCUT2D eigenvalue weighted by Gasteiger charge is -2.20. The van der Waals surface area contributed by atoms with Gasteiger partial charge >= 0.3 is 18.1 Å². The Morgan fingerprint density at radius 2 is 1.72 bits per heavy atom. The number of carbonyl (C=O) groups is 2. The minimum absolute atomic E-state index is 0.0331. The molecule has 1 aliphatic carbocycles. The highest BCUT2D eigenvalue weighted by atomic mass is 32.2. The summed E-state index contributed by atoms with van der Waals surface area (Å²) in [5.74, 6) is -3.58. The Morgan fingerprint density at radius 3 is 2.28 bits per heavy atom. The van der Waals surface area contributed by atoms with E-state index in [9.17, 15) is 31.5 Å². The van der Waals surface area contributed by atoms with Crippen LogP contribution in [0.3, 0.4) is 0 Å². The number of hydrogen-bond acceptors (Lipinski definition) is 6. The number of carboxylic acids is 2. The van der Waals surface area contributed by atoms with Crippen LogP contribution in [-0.2, 0) is 27.7 Å². The smallest absolute Gasteiger partial charge is 0.478 e. The van der Waals surface area contributed by atoms with Gasteiger partial charge in [0.2, 0.25) is 0 Å². The van der Waals surface area contributed by atoms with Crippen molar-refractivity contribution in [3.8, 4) is 0 Å². The monoisotopic (exact) mass is 531 g/mol. The molecule has 1 aliphatic rings. The van der Waals surface area contributed by atoms with Crippen LogP contribution in [0.5, 0.6) is 0 Å². The average molecular weight is 532 g/mol. The highest BCUT2D eigenvalue weighted by Gasteiger charge is 2.38. The van der Waals surface area contributed by atoms with Crippen molar-refractivity contribution in [2.24, 2.45) is 0 Å². The first-order valence-electron chi connectivity index (χ1n) is 11.2. The van der Waals surface area contributed by atoms with Crippen LogP contribution in [0, 0.1) is 0 Å². The SMILES string of the molecule is CCCCN(C)c1ncc(NS(=O)(=O)c2ccc3c(c2)CCCC3)cc1C(=O)O.O=C(O)C(F)(F)F. The molecular weight excluding hydrogens is 503 g/mol. The van der Waals surface area contributed by atoms with E-state index >= 15 is 0 Å². The Bertz CT molecular complexity index is 1200. The lowest BCUT2D eigenvalue weighted by atomic mass is 9.92. The second kappa shape index (κ2) is 12.1. The fraction of sp³-hybridized carbons (Fsp3) is 0.435. The van der Waals surface area contributed by atoms with Crippen molar-refractivity contribution < 1.29 is 41.4 Å². The van der Waals surface area contributed by atoms with Gasteiger partial charge in [-0.25, -0.2) is 23.0 Å². The van der Waals surface area contributed by atoms with E-state index in [1.54, 1.807) is 24.1 Å². The number of nitrogens with one attached hydrogen (secondary N) is 1. The van der Waals surface area contributed by atoms with E-state index in [0.29, 0.717) is 12.4 Å². The summed E-state index contributed by atoms with van der Waals surface area (Å²) in [6.07, 6.45) is 2.20. The molecule has 0 unspecified atom stereocenters. The zero-order valence-electron chi connectivity index (χ0n) is 19.8. The van der Waals surface area contributed by atoms with Crippen LogP contribution in [0.1, 0.15) is 54.1 Å². The summed E-state index contributed by atoms with van der Waals surface area (Å²) in [6, 6.07) is 6.51. The Morgan fingerprint density at radius 1 is 1.11 bits per heavy atom. The van der Waals surface area contributed by atoms with Crippen LogP contribution in [-0.4, -0.2) is 55.3 Å². The number of pyridine rings is 1. The van der Waals surface area contributed by atoms with Gasteiger partial charge in [-0.2, -0.15) is 13.2 Å². The summed E-state index contributed by atoms with van der Waals surface area (Å²) in [6.45, 7) is 2.72. The molecule has 1 aromatic carbocycles. The number of alkyl halides is 3. The number of hydrogen-bond donors (Lipinski definition) is 3. The van der Waals surface area contributed by atoms with Gasteiger partial charge in [-0.15, -0.1) is 0 Å². The van der Waals surface area contributed by atoms with Gasteiger partial charge in [0, 0.05) is 13.6 Å². The number of sulfonamides is 1. The lowest BCUT2D eigenvalue weighted by Crippen LogP contribution is -2.23. The Kier molecular flexibility index (Phi) is 9.68. The van der Waals surface area contributed by atoms with Gasteiger partial charge in [0.05, 0.1) is 16.8 Å². The molecular formula is C23H28F3N3O6S. The molecule has 198 valence electrons. The van der Waals surface area contributed by atoms with Gasteiger partial charge in [-0.1, -0.05) is 19.4 Å². The zero-order chi connectivity index (χ0) is 27.1. The topological polar surface area (TPSA) is 137 Å². The fourth-order valence-corrected chi connectivity index (χ4v) is 4.65. The van der Waals surface area contributed by atoms with Crippen molar-refractivity contribution >= 4 is 33.5 Å². The van der Waals surface area contributed by atoms with Gasteiger partial charge in [0.25, 0.3) is 10.0 Å². The van der Waals surface area contributed by atoms with Crippen LogP contribution in [0.4, 0.5) is 24.7 Å². The number of aryl methyl sites for hydroxylation is 2.